The van der Waals surface area contributed by atoms with Crippen molar-refractivity contribution in [3.05, 3.63) is 53.6 Å². The third-order valence-electron chi connectivity index (χ3n) is 3.49. The van der Waals surface area contributed by atoms with Crippen molar-refractivity contribution < 1.29 is 37.3 Å². The van der Waals surface area contributed by atoms with E-state index in [1.165, 1.54) is 24.3 Å². The summed E-state index contributed by atoms with van der Waals surface area (Å²) >= 11 is 0. The molecule has 0 saturated heterocycles. The fraction of sp³-hybridized carbons (Fsp3) is 0.222. The fourth-order valence-corrected chi connectivity index (χ4v) is 2.31. The minimum absolute atomic E-state index is 0.00174. The molecule has 1 heterocycles. The number of esters is 1. The topological polar surface area (TPSA) is 71.1 Å². The monoisotopic (exact) mass is 364 g/mol. The Morgan fingerprint density at radius 3 is 2.54 bits per heavy atom. The Morgan fingerprint density at radius 1 is 1.00 bits per heavy atom. The zero-order chi connectivity index (χ0) is 18.5. The van der Waals surface area contributed by atoms with E-state index in [1.54, 1.807) is 12.1 Å². The molecule has 0 N–H and O–H groups in total. The van der Waals surface area contributed by atoms with Gasteiger partial charge in [-0.05, 0) is 36.4 Å². The summed E-state index contributed by atoms with van der Waals surface area (Å²) in [6.45, 7) is -2.68. The maximum absolute atomic E-state index is 12.2. The minimum Gasteiger partial charge on any atom is -0.486 e. The Balaban J connectivity index is 1.61. The van der Waals surface area contributed by atoms with Crippen LogP contribution in [0.2, 0.25) is 0 Å². The number of rotatable bonds is 6. The highest BCUT2D eigenvalue weighted by Gasteiger charge is 2.17. The second kappa shape index (κ2) is 7.81. The number of alkyl halides is 2. The molecule has 0 atom stereocenters. The van der Waals surface area contributed by atoms with Gasteiger partial charge in [0, 0.05) is 5.56 Å². The van der Waals surface area contributed by atoms with Gasteiger partial charge in [0.05, 0.1) is 5.56 Å². The summed E-state index contributed by atoms with van der Waals surface area (Å²) in [6.07, 6.45) is 0. The molecule has 0 unspecified atom stereocenters. The lowest BCUT2D eigenvalue weighted by Gasteiger charge is -2.18. The van der Waals surface area contributed by atoms with Crippen molar-refractivity contribution >= 4 is 11.8 Å². The van der Waals surface area contributed by atoms with Crippen LogP contribution in [0.1, 0.15) is 20.7 Å². The number of hydrogen-bond donors (Lipinski definition) is 0. The predicted molar refractivity (Wildman–Crippen MR) is 85.1 cm³/mol. The molecular formula is C18H14F2O6. The van der Waals surface area contributed by atoms with Gasteiger partial charge in [0.15, 0.2) is 23.9 Å². The SMILES string of the molecule is O=C(COC(=O)c1cccc(OC(F)F)c1)c1ccc2c(c1)OCCO2. The number of carbonyl (C=O) groups is 2. The van der Waals surface area contributed by atoms with E-state index in [2.05, 4.69) is 4.74 Å². The number of fused-ring (bicyclic) bond motifs is 1. The van der Waals surface area contributed by atoms with E-state index in [-0.39, 0.29) is 11.3 Å². The van der Waals surface area contributed by atoms with E-state index in [4.69, 9.17) is 14.2 Å². The van der Waals surface area contributed by atoms with Crippen LogP contribution in [0.5, 0.6) is 17.2 Å². The quantitative estimate of drug-likeness (QED) is 0.579. The van der Waals surface area contributed by atoms with E-state index in [0.717, 1.165) is 6.07 Å². The van der Waals surface area contributed by atoms with Crippen molar-refractivity contribution in [2.24, 2.45) is 0 Å². The van der Waals surface area contributed by atoms with Crippen LogP contribution in [0.25, 0.3) is 0 Å². The fourth-order valence-electron chi connectivity index (χ4n) is 2.31. The number of benzene rings is 2. The lowest BCUT2D eigenvalue weighted by atomic mass is 10.1. The molecule has 0 bridgehead atoms. The number of hydrogen-bond acceptors (Lipinski definition) is 6. The first-order chi connectivity index (χ1) is 12.5. The molecule has 0 fully saturated rings. The third-order valence-corrected chi connectivity index (χ3v) is 3.49. The molecule has 0 radical (unpaired) electrons. The zero-order valence-electron chi connectivity index (χ0n) is 13.4. The van der Waals surface area contributed by atoms with E-state index in [0.29, 0.717) is 30.3 Å². The Kier molecular flexibility index (Phi) is 5.31. The molecule has 0 spiro atoms. The van der Waals surface area contributed by atoms with Gasteiger partial charge < -0.3 is 18.9 Å². The van der Waals surface area contributed by atoms with Gasteiger partial charge in [0.2, 0.25) is 0 Å². The summed E-state index contributed by atoms with van der Waals surface area (Å²) in [5.41, 5.74) is 0.301. The summed E-state index contributed by atoms with van der Waals surface area (Å²) in [6, 6.07) is 9.80. The van der Waals surface area contributed by atoms with Crippen molar-refractivity contribution in [2.45, 2.75) is 6.61 Å². The normalized spacial score (nSPS) is 12.6. The number of halogens is 2. The highest BCUT2D eigenvalue weighted by atomic mass is 19.3. The second-order valence-electron chi connectivity index (χ2n) is 5.26. The average Bonchev–Trinajstić information content (AvgIpc) is 2.65. The van der Waals surface area contributed by atoms with Gasteiger partial charge in [-0.1, -0.05) is 6.07 Å². The van der Waals surface area contributed by atoms with Gasteiger partial charge in [0.1, 0.15) is 19.0 Å². The molecule has 136 valence electrons. The first-order valence-electron chi connectivity index (χ1n) is 7.68. The molecule has 3 rings (SSSR count). The van der Waals surface area contributed by atoms with Gasteiger partial charge in [-0.25, -0.2) is 4.79 Å². The maximum atomic E-state index is 12.2. The molecule has 0 amide bonds. The van der Waals surface area contributed by atoms with Crippen molar-refractivity contribution in [1.29, 1.82) is 0 Å². The minimum atomic E-state index is -3.00. The summed E-state index contributed by atoms with van der Waals surface area (Å²) < 4.78 is 44.3. The van der Waals surface area contributed by atoms with Crippen LogP contribution in [0.4, 0.5) is 8.78 Å². The Hall–Kier alpha value is -3.16. The first-order valence-corrected chi connectivity index (χ1v) is 7.68. The van der Waals surface area contributed by atoms with Crippen LogP contribution in [0.3, 0.4) is 0 Å². The van der Waals surface area contributed by atoms with Crippen LogP contribution in [-0.4, -0.2) is 38.2 Å². The zero-order valence-corrected chi connectivity index (χ0v) is 13.4. The maximum Gasteiger partial charge on any atom is 0.387 e. The molecule has 1 aliphatic rings. The third kappa shape index (κ3) is 4.27. The average molecular weight is 364 g/mol. The summed E-state index contributed by atoms with van der Waals surface area (Å²) in [7, 11) is 0. The lowest BCUT2D eigenvalue weighted by molar-refractivity contribution is -0.0499. The number of ketones is 1. The Labute approximate surface area is 147 Å². The van der Waals surface area contributed by atoms with Crippen molar-refractivity contribution in [3.63, 3.8) is 0 Å². The number of ether oxygens (including phenoxy) is 4. The van der Waals surface area contributed by atoms with E-state index >= 15 is 0 Å². The molecule has 0 aliphatic carbocycles. The number of Topliss-reactive ketones (excluding diaryl/α,β-unsaturated/α-hetero) is 1. The molecule has 26 heavy (non-hydrogen) atoms. The largest absolute Gasteiger partial charge is 0.486 e. The highest BCUT2D eigenvalue weighted by Crippen LogP contribution is 2.30. The van der Waals surface area contributed by atoms with E-state index < -0.39 is 25.0 Å². The molecular weight excluding hydrogens is 350 g/mol. The predicted octanol–water partition coefficient (Wildman–Crippen LogP) is 3.10. The van der Waals surface area contributed by atoms with Crippen molar-refractivity contribution in [3.8, 4) is 17.2 Å². The molecule has 1 aliphatic heterocycles. The van der Waals surface area contributed by atoms with Crippen molar-refractivity contribution in [2.75, 3.05) is 19.8 Å². The molecule has 6 nitrogen and oxygen atoms in total. The lowest BCUT2D eigenvalue weighted by Crippen LogP contribution is -2.17. The summed E-state index contributed by atoms with van der Waals surface area (Å²) in [5.74, 6) is -0.440. The van der Waals surface area contributed by atoms with E-state index in [9.17, 15) is 18.4 Å². The Bertz CT molecular complexity index is 821. The molecule has 0 saturated carbocycles. The van der Waals surface area contributed by atoms with Crippen LogP contribution >= 0.6 is 0 Å². The molecule has 8 heteroatoms. The molecule has 2 aromatic carbocycles. The van der Waals surface area contributed by atoms with Gasteiger partial charge in [-0.2, -0.15) is 8.78 Å². The van der Waals surface area contributed by atoms with Crippen LogP contribution in [0.15, 0.2) is 42.5 Å². The first kappa shape index (κ1) is 17.7. The van der Waals surface area contributed by atoms with Crippen molar-refractivity contribution in [1.82, 2.24) is 0 Å². The standard InChI is InChI=1S/C18H14F2O6/c19-18(20)26-13-3-1-2-12(8-13)17(22)25-10-14(21)11-4-5-15-16(9-11)24-7-6-23-15/h1-5,8-9,18H,6-7,10H2. The smallest absolute Gasteiger partial charge is 0.387 e. The molecule has 2 aromatic rings. The van der Waals surface area contributed by atoms with Crippen LogP contribution in [0, 0.1) is 0 Å². The summed E-state index contributed by atoms with van der Waals surface area (Å²) in [4.78, 5) is 24.2. The second-order valence-corrected chi connectivity index (χ2v) is 5.26. The summed E-state index contributed by atoms with van der Waals surface area (Å²) in [5, 5.41) is 0. The van der Waals surface area contributed by atoms with Gasteiger partial charge >= 0.3 is 12.6 Å². The Morgan fingerprint density at radius 2 is 1.77 bits per heavy atom. The van der Waals surface area contributed by atoms with Gasteiger partial charge in [-0.3, -0.25) is 4.79 Å². The van der Waals surface area contributed by atoms with Gasteiger partial charge in [-0.15, -0.1) is 0 Å². The van der Waals surface area contributed by atoms with Crippen LogP contribution in [-0.2, 0) is 4.74 Å². The van der Waals surface area contributed by atoms with Gasteiger partial charge in [0.25, 0.3) is 0 Å². The van der Waals surface area contributed by atoms with Crippen LogP contribution < -0.4 is 14.2 Å². The van der Waals surface area contributed by atoms with E-state index in [1.807, 2.05) is 0 Å². The molecule has 0 aromatic heterocycles. The highest BCUT2D eigenvalue weighted by molar-refractivity contribution is 5.99. The number of carbonyl (C=O) groups excluding carboxylic acids is 2.